The summed E-state index contributed by atoms with van der Waals surface area (Å²) in [6.07, 6.45) is -3.05. The molecule has 6 atom stereocenters. The molecule has 0 saturated carbocycles. The van der Waals surface area contributed by atoms with Crippen molar-refractivity contribution in [2.75, 3.05) is 13.2 Å². The number of hydrogen-bond acceptors (Lipinski definition) is 6. The van der Waals surface area contributed by atoms with Crippen molar-refractivity contribution in [2.24, 2.45) is 0 Å². The van der Waals surface area contributed by atoms with Gasteiger partial charge in [0.25, 0.3) is 0 Å². The monoisotopic (exact) mass is 394 g/mol. The van der Waals surface area contributed by atoms with E-state index in [0.717, 1.165) is 5.56 Å². The quantitative estimate of drug-likeness (QED) is 0.484. The van der Waals surface area contributed by atoms with Gasteiger partial charge in [-0.1, -0.05) is 30.3 Å². The van der Waals surface area contributed by atoms with Crippen LogP contribution in [0.4, 0.5) is 0 Å². The second-order valence-corrected chi connectivity index (χ2v) is 7.19. The van der Waals surface area contributed by atoms with E-state index in [0.29, 0.717) is 6.42 Å². The second-order valence-electron chi connectivity index (χ2n) is 7.19. The molecule has 8 nitrogen and oxygen atoms in total. The number of aliphatic hydroxyl groups is 2. The fourth-order valence-electron chi connectivity index (χ4n) is 3.27. The molecule has 6 unspecified atom stereocenters. The van der Waals surface area contributed by atoms with Crippen molar-refractivity contribution >= 4 is 11.8 Å². The van der Waals surface area contributed by atoms with Gasteiger partial charge in [-0.05, 0) is 25.8 Å². The topological polar surface area (TPSA) is 117 Å². The van der Waals surface area contributed by atoms with Crippen LogP contribution in [0.25, 0.3) is 0 Å². The first-order valence-electron chi connectivity index (χ1n) is 9.49. The number of ether oxygens (including phenoxy) is 2. The van der Waals surface area contributed by atoms with Crippen LogP contribution in [0.5, 0.6) is 0 Å². The fraction of sp³-hybridized carbons (Fsp3) is 0.600. The Morgan fingerprint density at radius 2 is 1.96 bits per heavy atom. The molecule has 0 spiro atoms. The average Bonchev–Trinajstić information content (AvgIpc) is 2.65. The smallest absolute Gasteiger partial charge is 0.249 e. The Balaban J connectivity index is 1.95. The minimum absolute atomic E-state index is 0.0747. The number of carbonyl (C=O) groups excluding carboxylic acids is 2. The molecule has 28 heavy (non-hydrogen) atoms. The van der Waals surface area contributed by atoms with Crippen LogP contribution in [-0.2, 0) is 25.5 Å². The molecule has 4 N–H and O–H groups in total. The van der Waals surface area contributed by atoms with Crippen molar-refractivity contribution < 1.29 is 29.3 Å². The van der Waals surface area contributed by atoms with Crippen LogP contribution in [0, 0.1) is 0 Å². The van der Waals surface area contributed by atoms with Gasteiger partial charge in [0.2, 0.25) is 11.8 Å². The zero-order valence-corrected chi connectivity index (χ0v) is 16.5. The lowest BCUT2D eigenvalue weighted by atomic mass is 9.97. The summed E-state index contributed by atoms with van der Waals surface area (Å²) < 4.78 is 11.2. The van der Waals surface area contributed by atoms with E-state index in [-0.39, 0.29) is 31.1 Å². The van der Waals surface area contributed by atoms with Gasteiger partial charge in [0.15, 0.2) is 0 Å². The van der Waals surface area contributed by atoms with Crippen LogP contribution < -0.4 is 10.6 Å². The molecular weight excluding hydrogens is 364 g/mol. The summed E-state index contributed by atoms with van der Waals surface area (Å²) in [7, 11) is 0. The molecule has 0 aliphatic carbocycles. The summed E-state index contributed by atoms with van der Waals surface area (Å²) in [6, 6.07) is 9.10. The number of carbonyl (C=O) groups is 2. The third kappa shape index (κ3) is 6.27. The predicted molar refractivity (Wildman–Crippen MR) is 103 cm³/mol. The van der Waals surface area contributed by atoms with Gasteiger partial charge in [0.1, 0.15) is 24.4 Å². The maximum absolute atomic E-state index is 12.5. The fourth-order valence-corrected chi connectivity index (χ4v) is 3.27. The molecule has 1 heterocycles. The molecule has 0 aromatic heterocycles. The van der Waals surface area contributed by atoms with Crippen molar-refractivity contribution in [3.8, 4) is 0 Å². The van der Waals surface area contributed by atoms with Gasteiger partial charge in [-0.25, -0.2) is 0 Å². The number of aliphatic hydroxyl groups excluding tert-OH is 2. The van der Waals surface area contributed by atoms with E-state index in [4.69, 9.17) is 9.47 Å². The lowest BCUT2D eigenvalue weighted by Gasteiger charge is -2.40. The number of rotatable bonds is 8. The van der Waals surface area contributed by atoms with Crippen molar-refractivity contribution in [1.29, 1.82) is 0 Å². The molecule has 1 aromatic carbocycles. The third-order valence-corrected chi connectivity index (χ3v) is 4.68. The first-order valence-corrected chi connectivity index (χ1v) is 9.49. The van der Waals surface area contributed by atoms with Gasteiger partial charge >= 0.3 is 0 Å². The molecule has 1 aromatic rings. The highest BCUT2D eigenvalue weighted by Gasteiger charge is 2.42. The molecule has 1 aliphatic heterocycles. The first-order chi connectivity index (χ1) is 13.3. The van der Waals surface area contributed by atoms with Crippen LogP contribution >= 0.6 is 0 Å². The normalized spacial score (nSPS) is 26.9. The van der Waals surface area contributed by atoms with E-state index in [1.165, 1.54) is 6.92 Å². The molecule has 156 valence electrons. The van der Waals surface area contributed by atoms with Crippen LogP contribution in [0.15, 0.2) is 30.3 Å². The van der Waals surface area contributed by atoms with Crippen LogP contribution in [0.1, 0.15) is 26.3 Å². The van der Waals surface area contributed by atoms with Crippen molar-refractivity contribution in [1.82, 2.24) is 10.6 Å². The highest BCUT2D eigenvalue weighted by atomic mass is 16.6. The van der Waals surface area contributed by atoms with Gasteiger partial charge in [-0.3, -0.25) is 9.59 Å². The molecule has 1 saturated heterocycles. The highest BCUT2D eigenvalue weighted by Crippen LogP contribution is 2.20. The summed E-state index contributed by atoms with van der Waals surface area (Å²) in [5.74, 6) is -0.616. The van der Waals surface area contributed by atoms with Gasteiger partial charge in [0.05, 0.1) is 19.3 Å². The van der Waals surface area contributed by atoms with Gasteiger partial charge in [-0.15, -0.1) is 0 Å². The summed E-state index contributed by atoms with van der Waals surface area (Å²) in [5.41, 5.74) is 1.11. The molecule has 0 radical (unpaired) electrons. The Labute approximate surface area is 165 Å². The second kappa shape index (κ2) is 10.5. The van der Waals surface area contributed by atoms with Crippen molar-refractivity contribution in [3.63, 3.8) is 0 Å². The molecule has 1 fully saturated rings. The summed E-state index contributed by atoms with van der Waals surface area (Å²) in [5, 5.41) is 25.3. The van der Waals surface area contributed by atoms with E-state index >= 15 is 0 Å². The van der Waals surface area contributed by atoms with E-state index in [9.17, 15) is 19.8 Å². The molecule has 2 amide bonds. The zero-order chi connectivity index (χ0) is 20.7. The lowest BCUT2D eigenvalue weighted by molar-refractivity contribution is -0.193. The summed E-state index contributed by atoms with van der Waals surface area (Å²) >= 11 is 0. The maximum Gasteiger partial charge on any atom is 0.249 e. The number of benzene rings is 1. The molecule has 0 bridgehead atoms. The molecular formula is C20H30N2O6. The van der Waals surface area contributed by atoms with Crippen molar-refractivity contribution in [3.05, 3.63) is 35.9 Å². The largest absolute Gasteiger partial charge is 0.394 e. The maximum atomic E-state index is 12.5. The third-order valence-electron chi connectivity index (χ3n) is 4.68. The Morgan fingerprint density at radius 3 is 2.57 bits per heavy atom. The predicted octanol–water partition coefficient (Wildman–Crippen LogP) is -0.236. The van der Waals surface area contributed by atoms with E-state index in [1.807, 2.05) is 37.3 Å². The first kappa shape index (κ1) is 22.3. The minimum Gasteiger partial charge on any atom is -0.394 e. The summed E-state index contributed by atoms with van der Waals surface area (Å²) in [6.45, 7) is 4.53. The summed E-state index contributed by atoms with van der Waals surface area (Å²) in [4.78, 5) is 23.9. The Morgan fingerprint density at radius 1 is 1.29 bits per heavy atom. The van der Waals surface area contributed by atoms with E-state index in [2.05, 4.69) is 10.6 Å². The van der Waals surface area contributed by atoms with E-state index < -0.39 is 30.5 Å². The van der Waals surface area contributed by atoms with Gasteiger partial charge < -0.3 is 30.3 Å². The minimum atomic E-state index is -1.17. The number of hydrogen-bond donors (Lipinski definition) is 4. The van der Waals surface area contributed by atoms with E-state index in [1.54, 1.807) is 6.92 Å². The SMILES string of the molecule is CC(=O)NC1COC(CO)C(O)C1OC(C)C(=O)NC(C)Cc1ccccc1. The molecule has 2 rings (SSSR count). The molecule has 8 heteroatoms. The van der Waals surface area contributed by atoms with Crippen LogP contribution in [-0.4, -0.2) is 71.7 Å². The number of nitrogens with one attached hydrogen (secondary N) is 2. The Hall–Kier alpha value is -2.00. The Bertz CT molecular complexity index is 641. The van der Waals surface area contributed by atoms with Crippen molar-refractivity contribution in [2.45, 2.75) is 63.7 Å². The highest BCUT2D eigenvalue weighted by molar-refractivity contribution is 5.80. The van der Waals surface area contributed by atoms with Crippen LogP contribution in [0.3, 0.4) is 0 Å². The standard InChI is InChI=1S/C20H30N2O6/c1-12(9-15-7-5-4-6-8-15)21-20(26)13(2)28-19-16(22-14(3)24)11-27-17(10-23)18(19)25/h4-8,12-13,16-19,23,25H,9-11H2,1-3H3,(H,21,26)(H,22,24). The molecule has 1 aliphatic rings. The lowest BCUT2D eigenvalue weighted by Crippen LogP contribution is -2.62. The number of amides is 2. The zero-order valence-electron chi connectivity index (χ0n) is 16.5. The van der Waals surface area contributed by atoms with Gasteiger partial charge in [-0.2, -0.15) is 0 Å². The Kier molecular flexibility index (Phi) is 8.37. The average molecular weight is 394 g/mol. The van der Waals surface area contributed by atoms with Crippen LogP contribution in [0.2, 0.25) is 0 Å². The van der Waals surface area contributed by atoms with Gasteiger partial charge in [0, 0.05) is 13.0 Å².